The third-order valence-electron chi connectivity index (χ3n) is 5.80. The molecule has 11 nitrogen and oxygen atoms in total. The Morgan fingerprint density at radius 2 is 1.92 bits per heavy atom. The van der Waals surface area contributed by atoms with Crippen LogP contribution in [0.3, 0.4) is 0 Å². The summed E-state index contributed by atoms with van der Waals surface area (Å²) in [5.41, 5.74) is -2.34. The maximum absolute atomic E-state index is 13.8. The second-order valence-corrected chi connectivity index (χ2v) is 11.4. The highest BCUT2D eigenvalue weighted by Gasteiger charge is 2.51. The van der Waals surface area contributed by atoms with E-state index in [1.54, 1.807) is 11.6 Å². The molecule has 0 saturated heterocycles. The number of hydrogen-bond acceptors (Lipinski definition) is 7. The number of halogens is 3. The highest BCUT2D eigenvalue weighted by atomic mass is 32.2. The van der Waals surface area contributed by atoms with E-state index in [0.717, 1.165) is 4.31 Å². The number of aromatic nitrogens is 2. The number of nitrogens with one attached hydrogen (secondary N) is 2. The number of ether oxygens (including phenoxy) is 2. The van der Waals surface area contributed by atoms with E-state index in [4.69, 9.17) is 4.74 Å². The van der Waals surface area contributed by atoms with Crippen LogP contribution in [0.25, 0.3) is 0 Å². The highest BCUT2D eigenvalue weighted by molar-refractivity contribution is 7.92. The first-order chi connectivity index (χ1) is 17.4. The maximum Gasteiger partial charge on any atom is 0.427 e. The number of benzene rings is 1. The van der Waals surface area contributed by atoms with Gasteiger partial charge in [-0.2, -0.15) is 18.3 Å². The molecule has 1 aliphatic rings. The van der Waals surface area contributed by atoms with Crippen LogP contribution in [0.5, 0.6) is 5.75 Å². The number of hydrogen-bond donors (Lipinski definition) is 2. The summed E-state index contributed by atoms with van der Waals surface area (Å²) in [6.45, 7) is 7.86. The predicted octanol–water partition coefficient (Wildman–Crippen LogP) is 3.75. The van der Waals surface area contributed by atoms with Gasteiger partial charge in [0.25, 0.3) is 10.0 Å². The van der Waals surface area contributed by atoms with Gasteiger partial charge in [0.1, 0.15) is 16.7 Å². The number of carbonyl (C=O) groups is 2. The molecule has 3 rings (SSSR count). The average molecular weight is 562 g/mol. The van der Waals surface area contributed by atoms with E-state index >= 15 is 0 Å². The van der Waals surface area contributed by atoms with Crippen LogP contribution in [0.2, 0.25) is 0 Å². The number of sulfonamides is 1. The molecule has 0 bridgehead atoms. The van der Waals surface area contributed by atoms with Crippen molar-refractivity contribution >= 4 is 33.4 Å². The van der Waals surface area contributed by atoms with Crippen LogP contribution in [0.1, 0.15) is 46.4 Å². The maximum atomic E-state index is 13.8. The molecular formula is C23H30F3N5O6S. The summed E-state index contributed by atoms with van der Waals surface area (Å²) in [6, 6.07) is 3.85. The highest BCUT2D eigenvalue weighted by Crippen LogP contribution is 2.40. The van der Waals surface area contributed by atoms with Crippen LogP contribution < -0.4 is 19.7 Å². The first-order valence-electron chi connectivity index (χ1n) is 11.6. The Hall–Kier alpha value is -3.49. The van der Waals surface area contributed by atoms with E-state index in [9.17, 15) is 31.2 Å². The number of fused-ring (bicyclic) bond motifs is 1. The van der Waals surface area contributed by atoms with Gasteiger partial charge in [0.2, 0.25) is 11.5 Å². The van der Waals surface area contributed by atoms with Crippen molar-refractivity contribution in [2.24, 2.45) is 0 Å². The van der Waals surface area contributed by atoms with Crippen molar-refractivity contribution < 1.29 is 40.7 Å². The van der Waals surface area contributed by atoms with E-state index in [1.807, 2.05) is 13.8 Å². The Morgan fingerprint density at radius 1 is 1.26 bits per heavy atom. The third-order valence-corrected chi connectivity index (χ3v) is 7.69. The Balaban J connectivity index is 1.99. The van der Waals surface area contributed by atoms with E-state index in [1.165, 1.54) is 31.3 Å². The minimum Gasteiger partial charge on any atom is -0.484 e. The van der Waals surface area contributed by atoms with Crippen molar-refractivity contribution in [3.05, 3.63) is 30.1 Å². The minimum atomic E-state index is -4.81. The molecule has 1 atom stereocenters. The molecule has 210 valence electrons. The van der Waals surface area contributed by atoms with Gasteiger partial charge in [-0.05, 0) is 52.8 Å². The van der Waals surface area contributed by atoms with Gasteiger partial charge in [0, 0.05) is 18.7 Å². The molecule has 1 aromatic carbocycles. The van der Waals surface area contributed by atoms with Gasteiger partial charge in [-0.15, -0.1) is 0 Å². The summed E-state index contributed by atoms with van der Waals surface area (Å²) in [5, 5.41) is 8.97. The lowest BCUT2D eigenvalue weighted by Gasteiger charge is -2.35. The molecule has 0 radical (unpaired) electrons. The van der Waals surface area contributed by atoms with Crippen molar-refractivity contribution in [3.63, 3.8) is 0 Å². The zero-order valence-electron chi connectivity index (χ0n) is 21.7. The fourth-order valence-electron chi connectivity index (χ4n) is 3.71. The second-order valence-electron chi connectivity index (χ2n) is 9.55. The van der Waals surface area contributed by atoms with Crippen LogP contribution in [-0.2, 0) is 19.6 Å². The second kappa shape index (κ2) is 10.3. The van der Waals surface area contributed by atoms with Crippen molar-refractivity contribution in [2.45, 2.75) is 70.4 Å². The van der Waals surface area contributed by atoms with Crippen LogP contribution in [-0.4, -0.2) is 61.2 Å². The Morgan fingerprint density at radius 3 is 2.47 bits per heavy atom. The SMILES string of the molecule is CC(=O)NC[C@H]1CN(S(=O)(=O)c2cnn(C(C)C)c2C)c2cc(NC(=O)OC(C)(C)C(F)(F)F)ccc2O1. The summed E-state index contributed by atoms with van der Waals surface area (Å²) in [5.74, 6) is -0.207. The van der Waals surface area contributed by atoms with Crippen LogP contribution in [0, 0.1) is 6.92 Å². The number of anilines is 2. The first-order valence-corrected chi connectivity index (χ1v) is 13.1. The fraction of sp³-hybridized carbons (Fsp3) is 0.522. The summed E-state index contributed by atoms with van der Waals surface area (Å²) in [7, 11) is -4.22. The largest absolute Gasteiger partial charge is 0.484 e. The van der Waals surface area contributed by atoms with Gasteiger partial charge in [0.15, 0.2) is 0 Å². The Bertz CT molecular complexity index is 1320. The van der Waals surface area contributed by atoms with E-state index in [2.05, 4.69) is 20.5 Å². The summed E-state index contributed by atoms with van der Waals surface area (Å²) >= 11 is 0. The van der Waals surface area contributed by atoms with Gasteiger partial charge in [-0.1, -0.05) is 0 Å². The number of nitrogens with zero attached hydrogens (tertiary/aromatic N) is 3. The molecule has 1 aromatic heterocycles. The molecule has 0 saturated carbocycles. The van der Waals surface area contributed by atoms with Crippen LogP contribution in [0.4, 0.5) is 29.3 Å². The lowest BCUT2D eigenvalue weighted by molar-refractivity contribution is -0.242. The average Bonchev–Trinajstić information content (AvgIpc) is 3.18. The molecule has 15 heteroatoms. The molecule has 0 aliphatic carbocycles. The minimum absolute atomic E-state index is 0.0177. The van der Waals surface area contributed by atoms with E-state index < -0.39 is 34.0 Å². The molecular weight excluding hydrogens is 531 g/mol. The number of alkyl halides is 3. The Labute approximate surface area is 218 Å². The fourth-order valence-corrected chi connectivity index (χ4v) is 5.36. The monoisotopic (exact) mass is 561 g/mol. The lowest BCUT2D eigenvalue weighted by atomic mass is 10.1. The zero-order chi connectivity index (χ0) is 28.6. The quantitative estimate of drug-likeness (QED) is 0.526. The topological polar surface area (TPSA) is 132 Å². The predicted molar refractivity (Wildman–Crippen MR) is 132 cm³/mol. The summed E-state index contributed by atoms with van der Waals surface area (Å²) < 4.78 is 80.0. The van der Waals surface area contributed by atoms with Gasteiger partial charge < -0.3 is 14.8 Å². The number of amides is 2. The van der Waals surface area contributed by atoms with Gasteiger partial charge in [0.05, 0.1) is 30.7 Å². The normalized spacial score (nSPS) is 16.1. The van der Waals surface area contributed by atoms with E-state index in [-0.39, 0.29) is 47.1 Å². The third kappa shape index (κ3) is 5.97. The Kier molecular flexibility index (Phi) is 7.91. The molecule has 0 fully saturated rings. The van der Waals surface area contributed by atoms with E-state index in [0.29, 0.717) is 19.5 Å². The van der Waals surface area contributed by atoms with Gasteiger partial charge in [-0.3, -0.25) is 19.1 Å². The zero-order valence-corrected chi connectivity index (χ0v) is 22.5. The molecule has 0 unspecified atom stereocenters. The van der Waals surface area contributed by atoms with Crippen molar-refractivity contribution in [3.8, 4) is 5.75 Å². The van der Waals surface area contributed by atoms with Crippen LogP contribution >= 0.6 is 0 Å². The molecule has 2 N–H and O–H groups in total. The van der Waals surface area contributed by atoms with Crippen molar-refractivity contribution in [2.75, 3.05) is 22.7 Å². The molecule has 38 heavy (non-hydrogen) atoms. The smallest absolute Gasteiger partial charge is 0.427 e. The van der Waals surface area contributed by atoms with Gasteiger partial charge in [-0.25, -0.2) is 13.2 Å². The summed E-state index contributed by atoms with van der Waals surface area (Å²) in [4.78, 5) is 23.6. The van der Waals surface area contributed by atoms with Crippen molar-refractivity contribution in [1.29, 1.82) is 0 Å². The number of carbonyl (C=O) groups excluding carboxylic acids is 2. The molecule has 1 aliphatic heterocycles. The van der Waals surface area contributed by atoms with Crippen LogP contribution in [0.15, 0.2) is 29.3 Å². The first kappa shape index (κ1) is 29.1. The summed E-state index contributed by atoms with van der Waals surface area (Å²) in [6.07, 6.45) is -5.70. The molecule has 2 heterocycles. The number of rotatable bonds is 7. The standard InChI is InChI=1S/C23H30F3N5O6S/c1-13(2)31-14(3)20(11-28-31)38(34,35)30-12-17(10-27-15(4)32)36-19-8-7-16(9-18(19)30)29-21(33)37-22(5,6)23(24,25)26/h7-9,11,13,17H,10,12H2,1-6H3,(H,27,32)(H,29,33)/t17-/m0/s1. The molecule has 0 spiro atoms. The lowest BCUT2D eigenvalue weighted by Crippen LogP contribution is -2.48. The molecule has 2 amide bonds. The van der Waals surface area contributed by atoms with Crippen molar-refractivity contribution in [1.82, 2.24) is 15.1 Å². The molecule has 2 aromatic rings. The van der Waals surface area contributed by atoms with Gasteiger partial charge >= 0.3 is 12.3 Å².